The van der Waals surface area contributed by atoms with Crippen LogP contribution in [0.1, 0.15) is 29.3 Å². The Balaban J connectivity index is 2.29. The number of nitrogens with two attached hydrogens (primary N) is 1. The van der Waals surface area contributed by atoms with E-state index in [0.717, 1.165) is 16.6 Å². The van der Waals surface area contributed by atoms with Gasteiger partial charge in [0.25, 0.3) is 0 Å². The van der Waals surface area contributed by atoms with Gasteiger partial charge in [-0.15, -0.1) is 0 Å². The maximum absolute atomic E-state index is 12.5. The smallest absolute Gasteiger partial charge is 0.195 e. The number of ketones is 1. The molecule has 0 aliphatic carbocycles. The van der Waals surface area contributed by atoms with Crippen LogP contribution in [0.5, 0.6) is 5.75 Å². The monoisotopic (exact) mass is 367 g/mol. The maximum Gasteiger partial charge on any atom is 0.195 e. The molecule has 0 saturated carbocycles. The standard InChI is InChI=1S/C16H15BrClNO2/c1-2-7-21-15-6-3-10(8-13(15)17)16(20)12-5-4-11(18)9-14(12)19/h3-6,8-9H,2,7,19H2,1H3. The van der Waals surface area contributed by atoms with Crippen molar-refractivity contribution in [3.8, 4) is 5.75 Å². The Morgan fingerprint density at radius 3 is 2.67 bits per heavy atom. The summed E-state index contributed by atoms with van der Waals surface area (Å²) in [5, 5.41) is 0.508. The van der Waals surface area contributed by atoms with Crippen LogP contribution in [-0.4, -0.2) is 12.4 Å². The van der Waals surface area contributed by atoms with E-state index in [9.17, 15) is 4.79 Å². The molecule has 0 aliphatic heterocycles. The number of carbonyl (C=O) groups excluding carboxylic acids is 1. The van der Waals surface area contributed by atoms with Gasteiger partial charge in [-0.25, -0.2) is 0 Å². The van der Waals surface area contributed by atoms with Gasteiger partial charge in [0, 0.05) is 21.8 Å². The third-order valence-corrected chi connectivity index (χ3v) is 3.77. The highest BCUT2D eigenvalue weighted by atomic mass is 79.9. The lowest BCUT2D eigenvalue weighted by molar-refractivity contribution is 0.103. The van der Waals surface area contributed by atoms with Gasteiger partial charge in [0.05, 0.1) is 11.1 Å². The van der Waals surface area contributed by atoms with Crippen molar-refractivity contribution in [1.29, 1.82) is 0 Å². The van der Waals surface area contributed by atoms with Crippen molar-refractivity contribution < 1.29 is 9.53 Å². The number of rotatable bonds is 5. The Morgan fingerprint density at radius 1 is 1.29 bits per heavy atom. The van der Waals surface area contributed by atoms with Gasteiger partial charge < -0.3 is 10.5 Å². The number of hydrogen-bond acceptors (Lipinski definition) is 3. The van der Waals surface area contributed by atoms with Gasteiger partial charge >= 0.3 is 0 Å². The summed E-state index contributed by atoms with van der Waals surface area (Å²) < 4.78 is 6.31. The Bertz CT molecular complexity index is 673. The normalized spacial score (nSPS) is 10.4. The van der Waals surface area contributed by atoms with Crippen molar-refractivity contribution in [2.24, 2.45) is 0 Å². The van der Waals surface area contributed by atoms with Crippen molar-refractivity contribution >= 4 is 39.0 Å². The molecule has 2 aromatic rings. The maximum atomic E-state index is 12.5. The van der Waals surface area contributed by atoms with Gasteiger partial charge in [0.15, 0.2) is 5.78 Å². The summed E-state index contributed by atoms with van der Waals surface area (Å²) in [6.45, 7) is 2.67. The minimum Gasteiger partial charge on any atom is -0.492 e. The molecule has 2 N–H and O–H groups in total. The Morgan fingerprint density at radius 2 is 2.05 bits per heavy atom. The fraction of sp³-hybridized carbons (Fsp3) is 0.188. The molecular formula is C16H15BrClNO2. The predicted molar refractivity (Wildman–Crippen MR) is 89.2 cm³/mol. The lowest BCUT2D eigenvalue weighted by Crippen LogP contribution is -2.06. The van der Waals surface area contributed by atoms with E-state index in [0.29, 0.717) is 28.4 Å². The topological polar surface area (TPSA) is 52.3 Å². The molecule has 2 rings (SSSR count). The zero-order valence-electron chi connectivity index (χ0n) is 11.5. The molecule has 5 heteroatoms. The van der Waals surface area contributed by atoms with E-state index in [1.54, 1.807) is 36.4 Å². The first kappa shape index (κ1) is 15.9. The highest BCUT2D eigenvalue weighted by Crippen LogP contribution is 2.28. The molecule has 0 radical (unpaired) electrons. The van der Waals surface area contributed by atoms with Crippen molar-refractivity contribution in [2.75, 3.05) is 12.3 Å². The van der Waals surface area contributed by atoms with Gasteiger partial charge in [-0.05, 0) is 58.7 Å². The lowest BCUT2D eigenvalue weighted by atomic mass is 10.0. The molecule has 0 bridgehead atoms. The van der Waals surface area contributed by atoms with Crippen molar-refractivity contribution in [3.63, 3.8) is 0 Å². The first-order valence-corrected chi connectivity index (χ1v) is 7.72. The minimum absolute atomic E-state index is 0.146. The van der Waals surface area contributed by atoms with E-state index in [1.807, 2.05) is 6.92 Å². The van der Waals surface area contributed by atoms with Crippen LogP contribution in [0.25, 0.3) is 0 Å². The minimum atomic E-state index is -0.146. The van der Waals surface area contributed by atoms with E-state index < -0.39 is 0 Å². The van der Waals surface area contributed by atoms with Crippen LogP contribution in [0, 0.1) is 0 Å². The second-order valence-corrected chi connectivity index (χ2v) is 5.85. The largest absolute Gasteiger partial charge is 0.492 e. The molecule has 2 aromatic carbocycles. The second kappa shape index (κ2) is 6.96. The Kier molecular flexibility index (Phi) is 5.26. The summed E-state index contributed by atoms with van der Waals surface area (Å²) in [7, 11) is 0. The van der Waals surface area contributed by atoms with Crippen LogP contribution >= 0.6 is 27.5 Å². The third-order valence-electron chi connectivity index (χ3n) is 2.91. The van der Waals surface area contributed by atoms with Crippen molar-refractivity contribution in [3.05, 3.63) is 57.0 Å². The van der Waals surface area contributed by atoms with Gasteiger partial charge in [0.1, 0.15) is 5.75 Å². The quantitative estimate of drug-likeness (QED) is 0.614. The van der Waals surface area contributed by atoms with Gasteiger partial charge in [-0.3, -0.25) is 4.79 Å². The number of carbonyl (C=O) groups is 1. The molecule has 0 heterocycles. The molecule has 0 amide bonds. The van der Waals surface area contributed by atoms with Gasteiger partial charge in [0.2, 0.25) is 0 Å². The molecule has 3 nitrogen and oxygen atoms in total. The molecule has 0 fully saturated rings. The van der Waals surface area contributed by atoms with Crippen LogP contribution in [-0.2, 0) is 0 Å². The fourth-order valence-electron chi connectivity index (χ4n) is 1.87. The molecular weight excluding hydrogens is 354 g/mol. The molecule has 0 aliphatic rings. The van der Waals surface area contributed by atoms with E-state index in [4.69, 9.17) is 22.1 Å². The van der Waals surface area contributed by atoms with Crippen LogP contribution in [0.2, 0.25) is 5.02 Å². The average Bonchev–Trinajstić information content (AvgIpc) is 2.45. The Labute approximate surface area is 137 Å². The first-order chi connectivity index (χ1) is 10.0. The highest BCUT2D eigenvalue weighted by molar-refractivity contribution is 9.10. The molecule has 110 valence electrons. The highest BCUT2D eigenvalue weighted by Gasteiger charge is 2.14. The van der Waals surface area contributed by atoms with Crippen LogP contribution in [0.4, 0.5) is 5.69 Å². The van der Waals surface area contributed by atoms with Gasteiger partial charge in [-0.1, -0.05) is 18.5 Å². The zero-order chi connectivity index (χ0) is 15.4. The summed E-state index contributed by atoms with van der Waals surface area (Å²) in [5.41, 5.74) is 7.20. The number of halogens is 2. The van der Waals surface area contributed by atoms with E-state index in [2.05, 4.69) is 15.9 Å². The molecule has 0 unspecified atom stereocenters. The summed E-state index contributed by atoms with van der Waals surface area (Å²) >= 11 is 9.27. The summed E-state index contributed by atoms with van der Waals surface area (Å²) in [6, 6.07) is 10.1. The third kappa shape index (κ3) is 3.77. The van der Waals surface area contributed by atoms with Crippen molar-refractivity contribution in [1.82, 2.24) is 0 Å². The van der Waals surface area contributed by atoms with Crippen LogP contribution in [0.3, 0.4) is 0 Å². The fourth-order valence-corrected chi connectivity index (χ4v) is 2.54. The van der Waals surface area contributed by atoms with E-state index >= 15 is 0 Å². The SMILES string of the molecule is CCCOc1ccc(C(=O)c2ccc(Cl)cc2N)cc1Br. The second-order valence-electron chi connectivity index (χ2n) is 4.55. The lowest BCUT2D eigenvalue weighted by Gasteiger charge is -2.09. The zero-order valence-corrected chi connectivity index (χ0v) is 13.9. The van der Waals surface area contributed by atoms with E-state index in [-0.39, 0.29) is 5.78 Å². The molecule has 0 spiro atoms. The number of nitrogen functional groups attached to an aromatic ring is 1. The molecule has 0 atom stereocenters. The number of benzene rings is 2. The van der Waals surface area contributed by atoms with Gasteiger partial charge in [-0.2, -0.15) is 0 Å². The van der Waals surface area contributed by atoms with Crippen molar-refractivity contribution in [2.45, 2.75) is 13.3 Å². The van der Waals surface area contributed by atoms with Crippen LogP contribution in [0.15, 0.2) is 40.9 Å². The Hall–Kier alpha value is -1.52. The molecule has 0 aromatic heterocycles. The predicted octanol–water partition coefficient (Wildman–Crippen LogP) is 4.70. The summed E-state index contributed by atoms with van der Waals surface area (Å²) in [5.74, 6) is 0.574. The molecule has 21 heavy (non-hydrogen) atoms. The number of anilines is 1. The number of ether oxygens (including phenoxy) is 1. The van der Waals surface area contributed by atoms with E-state index in [1.165, 1.54) is 0 Å². The number of hydrogen-bond donors (Lipinski definition) is 1. The first-order valence-electron chi connectivity index (χ1n) is 6.55. The average molecular weight is 369 g/mol. The summed E-state index contributed by atoms with van der Waals surface area (Å²) in [6.07, 6.45) is 0.925. The van der Waals surface area contributed by atoms with Crippen LogP contribution < -0.4 is 10.5 Å². The summed E-state index contributed by atoms with van der Waals surface area (Å²) in [4.78, 5) is 12.5. The molecule has 0 saturated heterocycles.